The number of carbonyl (C=O) groups excluding carboxylic acids is 1. The molecule has 2 heterocycles. The van der Waals surface area contributed by atoms with E-state index in [4.69, 9.17) is 0 Å². The van der Waals surface area contributed by atoms with Crippen molar-refractivity contribution in [2.75, 3.05) is 26.2 Å². The van der Waals surface area contributed by atoms with Gasteiger partial charge in [0.05, 0.1) is 5.75 Å². The van der Waals surface area contributed by atoms with Crippen molar-refractivity contribution in [2.24, 2.45) is 0 Å². The Bertz CT molecular complexity index is 819. The fourth-order valence-electron chi connectivity index (χ4n) is 2.89. The van der Waals surface area contributed by atoms with Gasteiger partial charge in [-0.1, -0.05) is 12.1 Å². The number of H-pyrrole nitrogens is 1. The molecule has 0 unspecified atom stereocenters. The van der Waals surface area contributed by atoms with Gasteiger partial charge in [-0.25, -0.2) is 12.8 Å². The van der Waals surface area contributed by atoms with Crippen LogP contribution in [0.2, 0.25) is 0 Å². The highest BCUT2D eigenvalue weighted by molar-refractivity contribution is 7.88. The number of aromatic nitrogens is 1. The van der Waals surface area contributed by atoms with E-state index < -0.39 is 15.8 Å². The molecule has 1 aromatic carbocycles. The lowest BCUT2D eigenvalue weighted by Gasteiger charge is -2.21. The van der Waals surface area contributed by atoms with Crippen LogP contribution in [0.4, 0.5) is 4.39 Å². The minimum Gasteiger partial charge on any atom is -0.357 e. The molecule has 3 rings (SSSR count). The van der Waals surface area contributed by atoms with Gasteiger partial charge in [-0.2, -0.15) is 4.31 Å². The summed E-state index contributed by atoms with van der Waals surface area (Å²) in [5.41, 5.74) is 1.05. The molecule has 1 fully saturated rings. The van der Waals surface area contributed by atoms with E-state index in [0.717, 1.165) is 0 Å². The van der Waals surface area contributed by atoms with Crippen molar-refractivity contribution in [1.82, 2.24) is 14.2 Å². The number of nitrogens with zero attached hydrogens (tertiary/aromatic N) is 2. The van der Waals surface area contributed by atoms with Gasteiger partial charge in [0.2, 0.25) is 10.0 Å². The summed E-state index contributed by atoms with van der Waals surface area (Å²) >= 11 is 0. The molecule has 1 aliphatic rings. The first-order valence-corrected chi connectivity index (χ1v) is 9.71. The number of carbonyl (C=O) groups is 1. The summed E-state index contributed by atoms with van der Waals surface area (Å²) in [6, 6.07) is 8.92. The lowest BCUT2D eigenvalue weighted by Crippen LogP contribution is -2.37. The molecule has 8 heteroatoms. The lowest BCUT2D eigenvalue weighted by atomic mass is 10.2. The number of hydrogen-bond acceptors (Lipinski definition) is 3. The van der Waals surface area contributed by atoms with E-state index in [9.17, 15) is 17.6 Å². The largest absolute Gasteiger partial charge is 0.357 e. The molecular formula is C17H20FN3O3S. The second kappa shape index (κ2) is 7.37. The molecule has 1 amide bonds. The van der Waals surface area contributed by atoms with Crippen LogP contribution in [0.1, 0.15) is 22.5 Å². The van der Waals surface area contributed by atoms with E-state index in [-0.39, 0.29) is 18.2 Å². The van der Waals surface area contributed by atoms with Crippen molar-refractivity contribution in [1.29, 1.82) is 0 Å². The number of hydrogen-bond donors (Lipinski definition) is 1. The standard InChI is InChI=1S/C17H20FN3O3S/c18-15-6-4-14(5-7-15)13-25(23,24)21-10-2-9-20(11-12-21)17(22)16-3-1-8-19-16/h1,3-8,19H,2,9-13H2. The number of sulfonamides is 1. The monoisotopic (exact) mass is 365 g/mol. The summed E-state index contributed by atoms with van der Waals surface area (Å²) in [4.78, 5) is 16.9. The van der Waals surface area contributed by atoms with Crippen molar-refractivity contribution in [2.45, 2.75) is 12.2 Å². The number of rotatable bonds is 4. The molecule has 0 aliphatic carbocycles. The molecule has 0 spiro atoms. The van der Waals surface area contributed by atoms with Crippen molar-refractivity contribution >= 4 is 15.9 Å². The smallest absolute Gasteiger partial charge is 0.270 e. The highest BCUT2D eigenvalue weighted by Crippen LogP contribution is 2.15. The van der Waals surface area contributed by atoms with Crippen LogP contribution in [0.3, 0.4) is 0 Å². The first-order chi connectivity index (χ1) is 12.0. The normalized spacial score (nSPS) is 16.6. The van der Waals surface area contributed by atoms with Crippen LogP contribution in [0.15, 0.2) is 42.6 Å². The molecule has 1 N–H and O–H groups in total. The number of amides is 1. The maximum absolute atomic E-state index is 13.0. The molecule has 25 heavy (non-hydrogen) atoms. The van der Waals surface area contributed by atoms with Crippen molar-refractivity contribution in [3.8, 4) is 0 Å². The van der Waals surface area contributed by atoms with E-state index >= 15 is 0 Å². The predicted molar refractivity (Wildman–Crippen MR) is 91.9 cm³/mol. The Kier molecular flexibility index (Phi) is 5.19. The lowest BCUT2D eigenvalue weighted by molar-refractivity contribution is 0.0759. The van der Waals surface area contributed by atoms with Gasteiger partial charge < -0.3 is 9.88 Å². The van der Waals surface area contributed by atoms with E-state index in [2.05, 4.69) is 4.98 Å². The van der Waals surface area contributed by atoms with Crippen LogP contribution in [0, 0.1) is 5.82 Å². The zero-order valence-corrected chi connectivity index (χ0v) is 14.5. The highest BCUT2D eigenvalue weighted by Gasteiger charge is 2.27. The summed E-state index contributed by atoms with van der Waals surface area (Å²) in [5.74, 6) is -0.685. The fourth-order valence-corrected chi connectivity index (χ4v) is 4.45. The minimum absolute atomic E-state index is 0.122. The third-order valence-electron chi connectivity index (χ3n) is 4.23. The predicted octanol–water partition coefficient (Wildman–Crippen LogP) is 1.83. The Morgan fingerprint density at radius 2 is 1.84 bits per heavy atom. The molecule has 1 saturated heterocycles. The van der Waals surface area contributed by atoms with Gasteiger partial charge in [0.25, 0.3) is 5.91 Å². The number of aromatic amines is 1. The van der Waals surface area contributed by atoms with Crippen molar-refractivity contribution < 1.29 is 17.6 Å². The van der Waals surface area contributed by atoms with Crippen LogP contribution in [0.25, 0.3) is 0 Å². The average Bonchev–Trinajstić information content (AvgIpc) is 3.00. The third kappa shape index (κ3) is 4.26. The Morgan fingerprint density at radius 3 is 2.52 bits per heavy atom. The first-order valence-electron chi connectivity index (χ1n) is 8.11. The van der Waals surface area contributed by atoms with E-state index in [1.54, 1.807) is 23.2 Å². The minimum atomic E-state index is -3.51. The molecule has 0 saturated carbocycles. The summed E-state index contributed by atoms with van der Waals surface area (Å²) in [6.07, 6.45) is 2.26. The topological polar surface area (TPSA) is 73.5 Å². The SMILES string of the molecule is O=C(c1ccc[nH]1)N1CCCN(S(=O)(=O)Cc2ccc(F)cc2)CC1. The van der Waals surface area contributed by atoms with E-state index in [1.807, 2.05) is 0 Å². The molecule has 134 valence electrons. The summed E-state index contributed by atoms with van der Waals surface area (Å²) in [7, 11) is -3.51. The Morgan fingerprint density at radius 1 is 1.08 bits per heavy atom. The van der Waals surface area contributed by atoms with Gasteiger partial charge >= 0.3 is 0 Å². The summed E-state index contributed by atoms with van der Waals surface area (Å²) < 4.78 is 39.6. The second-order valence-corrected chi connectivity index (χ2v) is 7.98. The van der Waals surface area contributed by atoms with Crippen LogP contribution in [-0.4, -0.2) is 54.7 Å². The summed E-state index contributed by atoms with van der Waals surface area (Å²) in [5, 5.41) is 0. The van der Waals surface area contributed by atoms with Gasteiger partial charge in [0.15, 0.2) is 0 Å². The zero-order chi connectivity index (χ0) is 17.9. The van der Waals surface area contributed by atoms with Crippen LogP contribution in [0.5, 0.6) is 0 Å². The van der Waals surface area contributed by atoms with E-state index in [0.29, 0.717) is 37.3 Å². The Balaban J connectivity index is 1.65. The van der Waals surface area contributed by atoms with Gasteiger partial charge in [-0.3, -0.25) is 4.79 Å². The van der Waals surface area contributed by atoms with Crippen molar-refractivity contribution in [3.05, 3.63) is 59.7 Å². The summed E-state index contributed by atoms with van der Waals surface area (Å²) in [6.45, 7) is 1.49. The van der Waals surface area contributed by atoms with Crippen LogP contribution < -0.4 is 0 Å². The maximum atomic E-state index is 13.0. The van der Waals surface area contributed by atoms with Crippen molar-refractivity contribution in [3.63, 3.8) is 0 Å². The van der Waals surface area contributed by atoms with E-state index in [1.165, 1.54) is 28.6 Å². The quantitative estimate of drug-likeness (QED) is 0.898. The first kappa shape index (κ1) is 17.6. The highest BCUT2D eigenvalue weighted by atomic mass is 32.2. The molecule has 2 aromatic rings. The number of benzene rings is 1. The molecule has 1 aromatic heterocycles. The van der Waals surface area contributed by atoms with Gasteiger partial charge in [0, 0.05) is 32.4 Å². The van der Waals surface area contributed by atoms with Gasteiger partial charge in [0.1, 0.15) is 11.5 Å². The second-order valence-electron chi connectivity index (χ2n) is 6.01. The van der Waals surface area contributed by atoms with Gasteiger partial charge in [-0.05, 0) is 36.2 Å². The average molecular weight is 365 g/mol. The molecular weight excluding hydrogens is 345 g/mol. The Hall–Kier alpha value is -2.19. The number of nitrogens with one attached hydrogen (secondary N) is 1. The molecule has 0 bridgehead atoms. The third-order valence-corrected chi connectivity index (χ3v) is 6.08. The maximum Gasteiger partial charge on any atom is 0.270 e. The van der Waals surface area contributed by atoms with Crippen LogP contribution in [-0.2, 0) is 15.8 Å². The molecule has 0 atom stereocenters. The Labute approximate surface area is 146 Å². The molecule has 6 nitrogen and oxygen atoms in total. The fraction of sp³-hybridized carbons (Fsp3) is 0.353. The molecule has 1 aliphatic heterocycles. The number of halogens is 1. The zero-order valence-electron chi connectivity index (χ0n) is 13.7. The van der Waals surface area contributed by atoms with Gasteiger partial charge in [-0.15, -0.1) is 0 Å². The molecule has 0 radical (unpaired) electrons. The van der Waals surface area contributed by atoms with Crippen LogP contribution >= 0.6 is 0 Å².